The average molecular weight is 475 g/mol. The summed E-state index contributed by atoms with van der Waals surface area (Å²) in [7, 11) is 1.48. The van der Waals surface area contributed by atoms with E-state index in [1.165, 1.54) is 36.2 Å². The molecule has 1 aromatic heterocycles. The maximum atomic E-state index is 13.5. The molecule has 0 bridgehead atoms. The molecule has 4 atom stereocenters. The smallest absolute Gasteiger partial charge is 0.243 e. The number of likely N-dealkylation sites (tertiary alicyclic amines) is 1. The molecule has 2 heterocycles. The minimum absolute atomic E-state index is 0.00389. The highest BCUT2D eigenvalue weighted by atomic mass is 19.1. The minimum Gasteiger partial charge on any atom is -0.391 e. The number of hydrogen-bond donors (Lipinski definition) is 3. The Bertz CT molecular complexity index is 1020. The van der Waals surface area contributed by atoms with Crippen molar-refractivity contribution in [2.45, 2.75) is 57.7 Å². The Morgan fingerprint density at radius 1 is 1.26 bits per heavy atom. The van der Waals surface area contributed by atoms with Gasteiger partial charge in [-0.1, -0.05) is 31.1 Å². The maximum Gasteiger partial charge on any atom is 0.243 e. The van der Waals surface area contributed by atoms with Crippen LogP contribution in [0.4, 0.5) is 4.39 Å². The summed E-state index contributed by atoms with van der Waals surface area (Å²) in [5.74, 6) is -1.99. The molecule has 1 aliphatic rings. The van der Waals surface area contributed by atoms with Crippen molar-refractivity contribution in [2.24, 2.45) is 5.92 Å². The van der Waals surface area contributed by atoms with E-state index in [2.05, 4.69) is 15.8 Å². The van der Waals surface area contributed by atoms with E-state index < -0.39 is 35.8 Å². The number of aryl methyl sites for hydroxylation is 1. The van der Waals surface area contributed by atoms with Gasteiger partial charge in [-0.3, -0.25) is 14.4 Å². The maximum absolute atomic E-state index is 13.5. The molecule has 1 aliphatic heterocycles. The lowest BCUT2D eigenvalue weighted by molar-refractivity contribution is -0.141. The van der Waals surface area contributed by atoms with E-state index in [1.807, 2.05) is 13.8 Å². The predicted molar refractivity (Wildman–Crippen MR) is 121 cm³/mol. The summed E-state index contributed by atoms with van der Waals surface area (Å²) in [5.41, 5.74) is 1.19. The third-order valence-electron chi connectivity index (χ3n) is 6.01. The first-order chi connectivity index (χ1) is 16.1. The highest BCUT2D eigenvalue weighted by molar-refractivity contribution is 5.91. The van der Waals surface area contributed by atoms with Gasteiger partial charge in [0, 0.05) is 26.1 Å². The van der Waals surface area contributed by atoms with E-state index in [0.29, 0.717) is 17.0 Å². The number of halogens is 1. The summed E-state index contributed by atoms with van der Waals surface area (Å²) in [4.78, 5) is 40.2. The zero-order valence-corrected chi connectivity index (χ0v) is 19.7. The van der Waals surface area contributed by atoms with Gasteiger partial charge in [0.1, 0.15) is 23.5 Å². The van der Waals surface area contributed by atoms with Gasteiger partial charge in [-0.05, 0) is 30.5 Å². The van der Waals surface area contributed by atoms with Crippen molar-refractivity contribution in [1.82, 2.24) is 20.7 Å². The number of benzene rings is 1. The molecule has 0 unspecified atom stereocenters. The van der Waals surface area contributed by atoms with Crippen LogP contribution < -0.4 is 10.6 Å². The van der Waals surface area contributed by atoms with Crippen molar-refractivity contribution in [3.8, 4) is 0 Å². The van der Waals surface area contributed by atoms with E-state index in [9.17, 15) is 23.9 Å². The van der Waals surface area contributed by atoms with Crippen LogP contribution in [0.2, 0.25) is 0 Å². The quantitative estimate of drug-likeness (QED) is 0.536. The Morgan fingerprint density at radius 3 is 2.50 bits per heavy atom. The molecule has 3 N–H and O–H groups in total. The van der Waals surface area contributed by atoms with Crippen molar-refractivity contribution in [3.05, 3.63) is 53.2 Å². The summed E-state index contributed by atoms with van der Waals surface area (Å²) in [6.45, 7) is 5.50. The molecule has 34 heavy (non-hydrogen) atoms. The van der Waals surface area contributed by atoms with Gasteiger partial charge in [0.2, 0.25) is 17.7 Å². The second kappa shape index (κ2) is 10.8. The van der Waals surface area contributed by atoms with Crippen molar-refractivity contribution in [2.75, 3.05) is 13.6 Å². The summed E-state index contributed by atoms with van der Waals surface area (Å²) in [6, 6.07) is 5.52. The summed E-state index contributed by atoms with van der Waals surface area (Å²) in [6.07, 6.45) is -0.871. The fourth-order valence-corrected chi connectivity index (χ4v) is 4.25. The second-order valence-corrected chi connectivity index (χ2v) is 8.98. The highest BCUT2D eigenvalue weighted by Gasteiger charge is 2.43. The molecule has 3 amide bonds. The number of hydrogen-bond acceptors (Lipinski definition) is 6. The van der Waals surface area contributed by atoms with E-state index in [-0.39, 0.29) is 37.1 Å². The molecule has 0 aliphatic carbocycles. The molecule has 0 saturated carbocycles. The molecule has 10 heteroatoms. The molecule has 0 radical (unpaired) electrons. The number of rotatable bonds is 8. The predicted octanol–water partition coefficient (Wildman–Crippen LogP) is 1.82. The number of aliphatic hydroxyl groups is 1. The van der Waals surface area contributed by atoms with Crippen LogP contribution in [0.3, 0.4) is 0 Å². The van der Waals surface area contributed by atoms with Crippen molar-refractivity contribution >= 4 is 17.7 Å². The summed E-state index contributed by atoms with van der Waals surface area (Å²) < 4.78 is 18.7. The van der Waals surface area contributed by atoms with Gasteiger partial charge >= 0.3 is 0 Å². The molecule has 9 nitrogen and oxygen atoms in total. The van der Waals surface area contributed by atoms with Crippen LogP contribution >= 0.6 is 0 Å². The first-order valence-electron chi connectivity index (χ1n) is 11.3. The molecule has 3 rings (SSSR count). The summed E-state index contributed by atoms with van der Waals surface area (Å²) in [5, 5.41) is 19.5. The van der Waals surface area contributed by atoms with Crippen LogP contribution in [-0.4, -0.2) is 58.6 Å². The lowest BCUT2D eigenvalue weighted by Crippen LogP contribution is -2.49. The molecule has 1 aromatic carbocycles. The van der Waals surface area contributed by atoms with E-state index in [1.54, 1.807) is 13.0 Å². The number of amides is 3. The Kier molecular flexibility index (Phi) is 8.03. The van der Waals surface area contributed by atoms with Crippen molar-refractivity contribution in [1.29, 1.82) is 0 Å². The number of carbonyl (C=O) groups excluding carboxylic acids is 3. The fraction of sp³-hybridized carbons (Fsp3) is 0.500. The van der Waals surface area contributed by atoms with Crippen LogP contribution in [0.15, 0.2) is 34.9 Å². The van der Waals surface area contributed by atoms with Crippen molar-refractivity contribution < 1.29 is 28.4 Å². The van der Waals surface area contributed by atoms with Gasteiger partial charge < -0.3 is 25.2 Å². The van der Waals surface area contributed by atoms with Gasteiger partial charge in [0.05, 0.1) is 24.3 Å². The van der Waals surface area contributed by atoms with Crippen LogP contribution in [0, 0.1) is 18.7 Å². The van der Waals surface area contributed by atoms with Crippen LogP contribution in [0.25, 0.3) is 0 Å². The topological polar surface area (TPSA) is 125 Å². The SMILES string of the molecule is CNC(=O)C[C@H](NC(=O)[C@@H]1C[C@@H](O)CN1C(=O)[C@@H](c1cc(C)no1)C(C)C)c1ccc(F)cc1. The average Bonchev–Trinajstić information content (AvgIpc) is 3.39. The molecule has 1 saturated heterocycles. The van der Waals surface area contributed by atoms with Crippen LogP contribution in [0.5, 0.6) is 0 Å². The number of aromatic nitrogens is 1. The normalized spacial score (nSPS) is 19.7. The number of nitrogens with one attached hydrogen (secondary N) is 2. The first-order valence-corrected chi connectivity index (χ1v) is 11.3. The van der Waals surface area contributed by atoms with Crippen molar-refractivity contribution in [3.63, 3.8) is 0 Å². The lowest BCUT2D eigenvalue weighted by Gasteiger charge is -2.30. The Labute approximate surface area is 197 Å². The minimum atomic E-state index is -0.930. The largest absolute Gasteiger partial charge is 0.391 e. The number of nitrogens with zero attached hydrogens (tertiary/aromatic N) is 2. The Balaban J connectivity index is 1.83. The molecular weight excluding hydrogens is 443 g/mol. The van der Waals surface area contributed by atoms with Gasteiger partial charge in [-0.25, -0.2) is 4.39 Å². The third-order valence-corrected chi connectivity index (χ3v) is 6.01. The van der Waals surface area contributed by atoms with E-state index in [0.717, 1.165) is 0 Å². The Hall–Kier alpha value is -3.27. The third kappa shape index (κ3) is 5.80. The zero-order valence-electron chi connectivity index (χ0n) is 19.7. The molecular formula is C24H31FN4O5. The molecule has 0 spiro atoms. The Morgan fingerprint density at radius 2 is 1.94 bits per heavy atom. The van der Waals surface area contributed by atoms with Gasteiger partial charge in [-0.2, -0.15) is 0 Å². The van der Waals surface area contributed by atoms with Gasteiger partial charge in [0.25, 0.3) is 0 Å². The first kappa shape index (κ1) is 25.4. The number of β-amino-alcohol motifs (C(OH)–C–C–N with tert-alkyl or cyclic N) is 1. The molecule has 2 aromatic rings. The van der Waals surface area contributed by atoms with E-state index >= 15 is 0 Å². The fourth-order valence-electron chi connectivity index (χ4n) is 4.25. The summed E-state index contributed by atoms with van der Waals surface area (Å²) >= 11 is 0. The second-order valence-electron chi connectivity index (χ2n) is 8.98. The number of aliphatic hydroxyl groups excluding tert-OH is 1. The van der Waals surface area contributed by atoms with Crippen LogP contribution in [0.1, 0.15) is 55.7 Å². The van der Waals surface area contributed by atoms with E-state index in [4.69, 9.17) is 4.52 Å². The molecule has 184 valence electrons. The standard InChI is InChI=1S/C24H31FN4O5/c1-13(2)22(20-9-14(3)28-34-20)24(33)29-12-17(30)10-19(29)23(32)27-18(11-21(31)26-4)15-5-7-16(25)8-6-15/h5-9,13,17-19,22,30H,10-12H2,1-4H3,(H,26,31)(H,27,32)/t17-,18+,19+,22-/m1/s1. The van der Waals surface area contributed by atoms with Gasteiger partial charge in [-0.15, -0.1) is 0 Å². The lowest BCUT2D eigenvalue weighted by atomic mass is 9.91. The number of carbonyl (C=O) groups is 3. The molecule has 1 fully saturated rings. The van der Waals surface area contributed by atoms with Crippen LogP contribution in [-0.2, 0) is 14.4 Å². The monoisotopic (exact) mass is 474 g/mol. The highest BCUT2D eigenvalue weighted by Crippen LogP contribution is 2.31. The van der Waals surface area contributed by atoms with Gasteiger partial charge in [0.15, 0.2) is 0 Å². The zero-order chi connectivity index (χ0) is 25.0.